The van der Waals surface area contributed by atoms with Gasteiger partial charge in [-0.3, -0.25) is 0 Å². The third-order valence-corrected chi connectivity index (χ3v) is 2.62. The molecule has 0 bridgehead atoms. The van der Waals surface area contributed by atoms with Crippen LogP contribution in [0.3, 0.4) is 0 Å². The van der Waals surface area contributed by atoms with Gasteiger partial charge < -0.3 is 14.4 Å². The predicted molar refractivity (Wildman–Crippen MR) is 66.7 cm³/mol. The largest absolute Gasteiger partial charge is 0.505 e. The van der Waals surface area contributed by atoms with Crippen molar-refractivity contribution < 1.29 is 14.3 Å². The van der Waals surface area contributed by atoms with Gasteiger partial charge in [0.05, 0.1) is 19.4 Å². The van der Waals surface area contributed by atoms with Crippen molar-refractivity contribution in [3.05, 3.63) is 12.3 Å². The molecule has 0 N–H and O–H groups in total. The van der Waals surface area contributed by atoms with Crippen molar-refractivity contribution in [3.8, 4) is 0 Å². The number of rotatable bonds is 2. The summed E-state index contributed by atoms with van der Waals surface area (Å²) in [5, 5.41) is 0. The molecular formula is C13H23NO3. The van der Waals surface area contributed by atoms with Gasteiger partial charge in [0.15, 0.2) is 0 Å². The standard InChI is InChI=1S/C13H23NO3/c1-10-8-11(6-7-16-5)14(9-10)12(15)17-13(2,3)4/h6-7,10-11H,8-9H2,1-5H3/b7-6-/t10-,11+/m0/s1. The average molecular weight is 241 g/mol. The quantitative estimate of drug-likeness (QED) is 0.698. The Hall–Kier alpha value is -1.19. The maximum atomic E-state index is 12.0. The number of carbonyl (C=O) groups is 1. The molecule has 1 fully saturated rings. The highest BCUT2D eigenvalue weighted by molar-refractivity contribution is 5.69. The summed E-state index contributed by atoms with van der Waals surface area (Å²) in [5.41, 5.74) is -0.446. The van der Waals surface area contributed by atoms with Crippen LogP contribution >= 0.6 is 0 Å². The van der Waals surface area contributed by atoms with E-state index in [1.165, 1.54) is 0 Å². The number of methoxy groups -OCH3 is 1. The van der Waals surface area contributed by atoms with E-state index in [4.69, 9.17) is 9.47 Å². The van der Waals surface area contributed by atoms with Crippen LogP contribution in [0.15, 0.2) is 12.3 Å². The van der Waals surface area contributed by atoms with Gasteiger partial charge in [-0.2, -0.15) is 0 Å². The lowest BCUT2D eigenvalue weighted by Crippen LogP contribution is -2.39. The van der Waals surface area contributed by atoms with Gasteiger partial charge >= 0.3 is 6.09 Å². The Balaban J connectivity index is 2.66. The molecule has 1 amide bonds. The Bertz CT molecular complexity index is 294. The summed E-state index contributed by atoms with van der Waals surface area (Å²) in [6.45, 7) is 8.52. The molecule has 2 atom stereocenters. The molecule has 4 heteroatoms. The van der Waals surface area contributed by atoms with E-state index < -0.39 is 5.60 Å². The van der Waals surface area contributed by atoms with E-state index in [9.17, 15) is 4.79 Å². The summed E-state index contributed by atoms with van der Waals surface area (Å²) in [6, 6.07) is 0.0831. The number of likely N-dealkylation sites (tertiary alicyclic amines) is 1. The van der Waals surface area contributed by atoms with Crippen molar-refractivity contribution in [3.63, 3.8) is 0 Å². The lowest BCUT2D eigenvalue weighted by atomic mass is 10.1. The molecule has 98 valence electrons. The third kappa shape index (κ3) is 4.29. The Kier molecular flexibility index (Phi) is 4.43. The van der Waals surface area contributed by atoms with Crippen LogP contribution in [0, 0.1) is 5.92 Å². The molecule has 0 aromatic rings. The fourth-order valence-electron chi connectivity index (χ4n) is 1.97. The Morgan fingerprint density at radius 1 is 1.41 bits per heavy atom. The van der Waals surface area contributed by atoms with Gasteiger partial charge in [-0.25, -0.2) is 4.79 Å². The van der Waals surface area contributed by atoms with E-state index in [-0.39, 0.29) is 12.1 Å². The van der Waals surface area contributed by atoms with Crippen LogP contribution in [0.5, 0.6) is 0 Å². The number of hydrogen-bond acceptors (Lipinski definition) is 3. The molecule has 0 radical (unpaired) electrons. The first-order chi connectivity index (χ1) is 7.83. The molecular weight excluding hydrogens is 218 g/mol. The van der Waals surface area contributed by atoms with Crippen molar-refractivity contribution in [1.82, 2.24) is 4.90 Å². The van der Waals surface area contributed by atoms with E-state index in [1.54, 1.807) is 18.3 Å². The van der Waals surface area contributed by atoms with E-state index in [2.05, 4.69) is 6.92 Å². The molecule has 0 spiro atoms. The molecule has 4 nitrogen and oxygen atoms in total. The molecule has 17 heavy (non-hydrogen) atoms. The number of hydrogen-bond donors (Lipinski definition) is 0. The smallest absolute Gasteiger partial charge is 0.410 e. The number of carbonyl (C=O) groups excluding carboxylic acids is 1. The minimum Gasteiger partial charge on any atom is -0.505 e. The van der Waals surface area contributed by atoms with Gasteiger partial charge in [-0.15, -0.1) is 0 Å². The Labute approximate surface area is 104 Å². The lowest BCUT2D eigenvalue weighted by molar-refractivity contribution is 0.0250. The minimum atomic E-state index is -0.446. The van der Waals surface area contributed by atoms with Crippen molar-refractivity contribution in [1.29, 1.82) is 0 Å². The van der Waals surface area contributed by atoms with Gasteiger partial charge in [-0.05, 0) is 39.2 Å². The zero-order valence-electron chi connectivity index (χ0n) is 11.4. The molecule has 1 aliphatic heterocycles. The van der Waals surface area contributed by atoms with Crippen LogP contribution in [-0.4, -0.2) is 36.3 Å². The highest BCUT2D eigenvalue weighted by Crippen LogP contribution is 2.25. The normalized spacial score (nSPS) is 25.4. The maximum Gasteiger partial charge on any atom is 0.410 e. The summed E-state index contributed by atoms with van der Waals surface area (Å²) < 4.78 is 10.3. The molecule has 0 saturated carbocycles. The molecule has 0 aromatic heterocycles. The van der Waals surface area contributed by atoms with Crippen LogP contribution in [0.1, 0.15) is 34.1 Å². The molecule has 0 aromatic carbocycles. The molecule has 1 aliphatic rings. The topological polar surface area (TPSA) is 38.8 Å². The lowest BCUT2D eigenvalue weighted by Gasteiger charge is -2.27. The van der Waals surface area contributed by atoms with Crippen molar-refractivity contribution in [2.24, 2.45) is 5.92 Å². The molecule has 1 heterocycles. The van der Waals surface area contributed by atoms with Crippen molar-refractivity contribution >= 4 is 6.09 Å². The van der Waals surface area contributed by atoms with Crippen molar-refractivity contribution in [2.75, 3.05) is 13.7 Å². The Morgan fingerprint density at radius 2 is 2.06 bits per heavy atom. The first kappa shape index (κ1) is 13.9. The van der Waals surface area contributed by atoms with Crippen LogP contribution in [0.4, 0.5) is 4.79 Å². The fourth-order valence-corrected chi connectivity index (χ4v) is 1.97. The molecule has 0 unspecified atom stereocenters. The average Bonchev–Trinajstić information content (AvgIpc) is 2.54. The summed E-state index contributed by atoms with van der Waals surface area (Å²) in [6.07, 6.45) is 4.25. The summed E-state index contributed by atoms with van der Waals surface area (Å²) in [4.78, 5) is 13.8. The second kappa shape index (κ2) is 5.43. The van der Waals surface area contributed by atoms with Crippen molar-refractivity contribution in [2.45, 2.75) is 45.8 Å². The second-order valence-corrected chi connectivity index (χ2v) is 5.61. The highest BCUT2D eigenvalue weighted by atomic mass is 16.6. The maximum absolute atomic E-state index is 12.0. The molecule has 1 rings (SSSR count). The number of nitrogens with zero attached hydrogens (tertiary/aromatic N) is 1. The second-order valence-electron chi connectivity index (χ2n) is 5.61. The van der Waals surface area contributed by atoms with E-state index in [1.807, 2.05) is 26.8 Å². The fraction of sp³-hybridized carbons (Fsp3) is 0.769. The summed E-state index contributed by atoms with van der Waals surface area (Å²) in [7, 11) is 1.60. The number of ether oxygens (including phenoxy) is 2. The predicted octanol–water partition coefficient (Wildman–Crippen LogP) is 2.79. The first-order valence-electron chi connectivity index (χ1n) is 6.02. The third-order valence-electron chi connectivity index (χ3n) is 2.62. The van der Waals surface area contributed by atoms with E-state index >= 15 is 0 Å². The van der Waals surface area contributed by atoms with Gasteiger partial charge in [0, 0.05) is 6.54 Å². The van der Waals surface area contributed by atoms with Gasteiger partial charge in [0.25, 0.3) is 0 Å². The minimum absolute atomic E-state index is 0.0831. The molecule has 1 saturated heterocycles. The van der Waals surface area contributed by atoms with Crippen LogP contribution in [0.2, 0.25) is 0 Å². The monoisotopic (exact) mass is 241 g/mol. The first-order valence-corrected chi connectivity index (χ1v) is 6.02. The molecule has 0 aliphatic carbocycles. The van der Waals surface area contributed by atoms with Gasteiger partial charge in [0.1, 0.15) is 5.60 Å². The van der Waals surface area contributed by atoms with E-state index in [0.717, 1.165) is 13.0 Å². The number of amides is 1. The highest BCUT2D eigenvalue weighted by Gasteiger charge is 2.34. The Morgan fingerprint density at radius 3 is 2.59 bits per heavy atom. The SMILES string of the molecule is CO/C=C\[C@@H]1C[C@H](C)CN1C(=O)OC(C)(C)C. The summed E-state index contributed by atoms with van der Waals surface area (Å²) >= 11 is 0. The van der Waals surface area contributed by atoms with E-state index in [0.29, 0.717) is 5.92 Å². The van der Waals surface area contributed by atoms with Crippen LogP contribution < -0.4 is 0 Å². The summed E-state index contributed by atoms with van der Waals surface area (Å²) in [5.74, 6) is 0.494. The zero-order chi connectivity index (χ0) is 13.1. The van der Waals surface area contributed by atoms with Crippen LogP contribution in [0.25, 0.3) is 0 Å². The van der Waals surface area contributed by atoms with Gasteiger partial charge in [0.2, 0.25) is 0 Å². The zero-order valence-corrected chi connectivity index (χ0v) is 11.4. The van der Waals surface area contributed by atoms with Gasteiger partial charge in [-0.1, -0.05) is 6.92 Å². The van der Waals surface area contributed by atoms with Crippen LogP contribution in [-0.2, 0) is 9.47 Å².